The van der Waals surface area contributed by atoms with E-state index in [4.69, 9.17) is 4.42 Å². The van der Waals surface area contributed by atoms with Gasteiger partial charge in [-0.15, -0.1) is 0 Å². The maximum absolute atomic E-state index is 12.7. The van der Waals surface area contributed by atoms with Crippen molar-refractivity contribution in [3.8, 4) is 5.75 Å². The standard InChI is InChI=1S/C15H18F3NO3/c1-3-5-9-7-11-13(10(6-4-2)12(9)20)22-14(21)19(11)8-15(16,17)18/h7,20H,3-6,8H2,1-2H3. The normalized spacial score (nSPS) is 12.2. The molecule has 122 valence electrons. The number of benzene rings is 1. The number of nitrogens with zero attached hydrogens (tertiary/aromatic N) is 1. The van der Waals surface area contributed by atoms with Crippen LogP contribution in [-0.4, -0.2) is 15.8 Å². The highest BCUT2D eigenvalue weighted by molar-refractivity contribution is 5.81. The molecule has 0 unspecified atom stereocenters. The van der Waals surface area contributed by atoms with E-state index < -0.39 is 18.5 Å². The summed E-state index contributed by atoms with van der Waals surface area (Å²) in [6, 6.07) is 1.42. The molecule has 0 radical (unpaired) electrons. The van der Waals surface area contributed by atoms with Crippen molar-refractivity contribution in [2.24, 2.45) is 0 Å². The molecular weight excluding hydrogens is 299 g/mol. The van der Waals surface area contributed by atoms with Crippen molar-refractivity contribution in [3.63, 3.8) is 0 Å². The topological polar surface area (TPSA) is 55.4 Å². The number of rotatable bonds is 5. The fourth-order valence-corrected chi connectivity index (χ4v) is 2.58. The predicted octanol–water partition coefficient (Wildman–Crippen LogP) is 3.77. The SMILES string of the molecule is CCCc1cc2c(oc(=O)n2CC(F)(F)F)c(CCC)c1O. The summed E-state index contributed by atoms with van der Waals surface area (Å²) in [5.74, 6) is -1.04. The van der Waals surface area contributed by atoms with Crippen molar-refractivity contribution in [2.45, 2.75) is 52.3 Å². The van der Waals surface area contributed by atoms with E-state index in [2.05, 4.69) is 0 Å². The van der Waals surface area contributed by atoms with Crippen LogP contribution in [0.3, 0.4) is 0 Å². The summed E-state index contributed by atoms with van der Waals surface area (Å²) in [7, 11) is 0. The van der Waals surface area contributed by atoms with Crippen LogP contribution in [-0.2, 0) is 19.4 Å². The fraction of sp³-hybridized carbons (Fsp3) is 0.533. The van der Waals surface area contributed by atoms with Gasteiger partial charge >= 0.3 is 11.9 Å². The summed E-state index contributed by atoms with van der Waals surface area (Å²) in [5.41, 5.74) is 1.08. The molecule has 0 bridgehead atoms. The van der Waals surface area contributed by atoms with E-state index in [0.29, 0.717) is 35.0 Å². The molecule has 0 amide bonds. The van der Waals surface area contributed by atoms with E-state index >= 15 is 0 Å². The minimum absolute atomic E-state index is 0.0177. The smallest absolute Gasteiger partial charge is 0.420 e. The lowest BCUT2D eigenvalue weighted by Gasteiger charge is -2.11. The van der Waals surface area contributed by atoms with Gasteiger partial charge in [0.15, 0.2) is 5.58 Å². The number of hydrogen-bond acceptors (Lipinski definition) is 3. The van der Waals surface area contributed by atoms with Crippen molar-refractivity contribution in [1.82, 2.24) is 4.57 Å². The average molecular weight is 317 g/mol. The number of phenolic OH excluding ortho intramolecular Hbond substituents is 1. The Bertz CT molecular complexity index is 728. The maximum atomic E-state index is 12.7. The average Bonchev–Trinajstić information content (AvgIpc) is 2.70. The van der Waals surface area contributed by atoms with E-state index in [0.717, 1.165) is 6.42 Å². The first kappa shape index (κ1) is 16.5. The lowest BCUT2D eigenvalue weighted by Crippen LogP contribution is -2.24. The van der Waals surface area contributed by atoms with E-state index in [9.17, 15) is 23.1 Å². The van der Waals surface area contributed by atoms with E-state index in [1.54, 1.807) is 0 Å². The Labute approximate surface area is 125 Å². The molecule has 0 saturated carbocycles. The zero-order valence-electron chi connectivity index (χ0n) is 12.5. The fourth-order valence-electron chi connectivity index (χ4n) is 2.58. The molecule has 0 aliphatic heterocycles. The van der Waals surface area contributed by atoms with Gasteiger partial charge in [-0.25, -0.2) is 4.79 Å². The van der Waals surface area contributed by atoms with Crippen LogP contribution >= 0.6 is 0 Å². The van der Waals surface area contributed by atoms with E-state index in [1.807, 2.05) is 13.8 Å². The van der Waals surface area contributed by atoms with Crippen LogP contribution in [0.25, 0.3) is 11.1 Å². The summed E-state index contributed by atoms with van der Waals surface area (Å²) < 4.78 is 43.5. The Balaban J connectivity index is 2.73. The lowest BCUT2D eigenvalue weighted by molar-refractivity contribution is -0.140. The molecule has 0 fully saturated rings. The van der Waals surface area contributed by atoms with Crippen LogP contribution in [0.1, 0.15) is 37.8 Å². The summed E-state index contributed by atoms with van der Waals surface area (Å²) >= 11 is 0. The molecule has 4 nitrogen and oxygen atoms in total. The van der Waals surface area contributed by atoms with Crippen LogP contribution in [0, 0.1) is 0 Å². The molecule has 0 aliphatic carbocycles. The third-order valence-electron chi connectivity index (χ3n) is 3.46. The molecule has 1 aromatic heterocycles. The van der Waals surface area contributed by atoms with Gasteiger partial charge in [0.2, 0.25) is 0 Å². The van der Waals surface area contributed by atoms with E-state index in [1.165, 1.54) is 6.07 Å². The van der Waals surface area contributed by atoms with Gasteiger partial charge in [-0.3, -0.25) is 4.57 Å². The Hall–Kier alpha value is -1.92. The van der Waals surface area contributed by atoms with Gasteiger partial charge in [0, 0.05) is 5.56 Å². The van der Waals surface area contributed by atoms with Gasteiger partial charge in [0.25, 0.3) is 0 Å². The third-order valence-corrected chi connectivity index (χ3v) is 3.46. The number of aryl methyl sites for hydroxylation is 2. The second-order valence-electron chi connectivity index (χ2n) is 5.28. The lowest BCUT2D eigenvalue weighted by atomic mass is 10.0. The molecule has 0 spiro atoms. The molecule has 22 heavy (non-hydrogen) atoms. The van der Waals surface area contributed by atoms with Crippen molar-refractivity contribution in [1.29, 1.82) is 0 Å². The summed E-state index contributed by atoms with van der Waals surface area (Å²) in [5, 5.41) is 10.3. The Morgan fingerprint density at radius 1 is 1.23 bits per heavy atom. The number of aromatic nitrogens is 1. The second-order valence-corrected chi connectivity index (χ2v) is 5.28. The van der Waals surface area contributed by atoms with Crippen molar-refractivity contribution < 1.29 is 22.7 Å². The molecule has 0 atom stereocenters. The van der Waals surface area contributed by atoms with Crippen LogP contribution in [0.15, 0.2) is 15.3 Å². The molecule has 0 aliphatic rings. The maximum Gasteiger partial charge on any atom is 0.420 e. The van der Waals surface area contributed by atoms with Crippen LogP contribution in [0.4, 0.5) is 13.2 Å². The highest BCUT2D eigenvalue weighted by Crippen LogP contribution is 2.33. The van der Waals surface area contributed by atoms with Crippen LogP contribution in [0.5, 0.6) is 5.75 Å². The largest absolute Gasteiger partial charge is 0.507 e. The number of halogens is 3. The molecule has 1 N–H and O–H groups in total. The monoisotopic (exact) mass is 317 g/mol. The van der Waals surface area contributed by atoms with Crippen molar-refractivity contribution >= 4 is 11.1 Å². The minimum atomic E-state index is -4.52. The number of hydrogen-bond donors (Lipinski definition) is 1. The molecular formula is C15H18F3NO3. The summed E-state index contributed by atoms with van der Waals surface area (Å²) in [6.45, 7) is 2.38. The zero-order chi connectivity index (χ0) is 16.5. The molecule has 7 heteroatoms. The van der Waals surface area contributed by atoms with E-state index in [-0.39, 0.29) is 16.8 Å². The first-order chi connectivity index (χ1) is 10.3. The van der Waals surface area contributed by atoms with Crippen LogP contribution < -0.4 is 5.76 Å². The minimum Gasteiger partial charge on any atom is -0.507 e. The predicted molar refractivity (Wildman–Crippen MR) is 76.2 cm³/mol. The Morgan fingerprint density at radius 3 is 2.41 bits per heavy atom. The Morgan fingerprint density at radius 2 is 1.86 bits per heavy atom. The molecule has 2 rings (SSSR count). The summed E-state index contributed by atoms with van der Waals surface area (Å²) in [4.78, 5) is 11.8. The van der Waals surface area contributed by atoms with Crippen LogP contribution in [0.2, 0.25) is 0 Å². The van der Waals surface area contributed by atoms with Gasteiger partial charge in [0.1, 0.15) is 12.3 Å². The van der Waals surface area contributed by atoms with Crippen molar-refractivity contribution in [2.75, 3.05) is 0 Å². The van der Waals surface area contributed by atoms with Gasteiger partial charge in [-0.1, -0.05) is 26.7 Å². The highest BCUT2D eigenvalue weighted by atomic mass is 19.4. The number of phenols is 1. The highest BCUT2D eigenvalue weighted by Gasteiger charge is 2.31. The molecule has 0 saturated heterocycles. The molecule has 1 heterocycles. The Kier molecular flexibility index (Phi) is 4.53. The zero-order valence-corrected chi connectivity index (χ0v) is 12.5. The quantitative estimate of drug-likeness (QED) is 0.913. The number of aromatic hydroxyl groups is 1. The number of oxazole rings is 1. The summed E-state index contributed by atoms with van der Waals surface area (Å²) in [6.07, 6.45) is -2.17. The molecule has 1 aromatic carbocycles. The van der Waals surface area contributed by atoms with Crippen molar-refractivity contribution in [3.05, 3.63) is 27.7 Å². The number of alkyl halides is 3. The first-order valence-electron chi connectivity index (χ1n) is 7.22. The number of fused-ring (bicyclic) bond motifs is 1. The molecule has 2 aromatic rings. The van der Waals surface area contributed by atoms with Gasteiger partial charge < -0.3 is 9.52 Å². The first-order valence-corrected chi connectivity index (χ1v) is 7.22. The third kappa shape index (κ3) is 3.13. The van der Waals surface area contributed by atoms with Gasteiger partial charge in [0.05, 0.1) is 5.52 Å². The second kappa shape index (κ2) is 6.06. The van der Waals surface area contributed by atoms with Gasteiger partial charge in [-0.05, 0) is 24.5 Å². The van der Waals surface area contributed by atoms with Gasteiger partial charge in [-0.2, -0.15) is 13.2 Å².